The summed E-state index contributed by atoms with van der Waals surface area (Å²) in [6, 6.07) is 24.7. The molecule has 0 aliphatic carbocycles. The Morgan fingerprint density at radius 1 is 0.702 bits per heavy atom. The molecule has 0 unspecified atom stereocenters. The van der Waals surface area contributed by atoms with E-state index in [0.29, 0.717) is 29.7 Å². The third kappa shape index (κ3) is 6.71. The molecule has 0 bridgehead atoms. The number of unbranched alkanes of at least 4 members (excludes halogenated alkanes) is 2. The number of carbonyl (C=O) groups is 2. The van der Waals surface area contributed by atoms with Crippen LogP contribution in [0.25, 0.3) is 20.7 Å². The molecule has 10 nitrogen and oxygen atoms in total. The van der Waals surface area contributed by atoms with Gasteiger partial charge in [-0.05, 0) is 48.2 Å². The SMILES string of the molecule is CCCCN1C(=O)C(Cl)=C(c2ccccc2)S1(=O)=O.CCCCN1C(=O)C(Nc2ccc3[nH]ccc3c2)=C(c2ccccc2)S1(=O)=O. The number of nitrogens with one attached hydrogen (secondary N) is 2. The summed E-state index contributed by atoms with van der Waals surface area (Å²) in [5, 5.41) is 3.83. The van der Waals surface area contributed by atoms with E-state index in [4.69, 9.17) is 11.6 Å². The zero-order valence-electron chi connectivity index (χ0n) is 25.9. The quantitative estimate of drug-likeness (QED) is 0.194. The van der Waals surface area contributed by atoms with Gasteiger partial charge in [0, 0.05) is 35.9 Å². The van der Waals surface area contributed by atoms with E-state index in [1.165, 1.54) is 0 Å². The van der Waals surface area contributed by atoms with Gasteiger partial charge < -0.3 is 10.3 Å². The van der Waals surface area contributed by atoms with Gasteiger partial charge >= 0.3 is 0 Å². The highest BCUT2D eigenvalue weighted by Crippen LogP contribution is 2.38. The molecule has 2 N–H and O–H groups in total. The second-order valence-electron chi connectivity index (χ2n) is 11.0. The molecule has 0 saturated heterocycles. The van der Waals surface area contributed by atoms with Gasteiger partial charge in [0.25, 0.3) is 31.9 Å². The summed E-state index contributed by atoms with van der Waals surface area (Å²) >= 11 is 5.93. The van der Waals surface area contributed by atoms with Crippen LogP contribution in [0.15, 0.2) is 102 Å². The molecule has 0 spiro atoms. The van der Waals surface area contributed by atoms with Crippen LogP contribution in [0, 0.1) is 0 Å². The second-order valence-corrected chi connectivity index (χ2v) is 14.9. The van der Waals surface area contributed by atoms with Crippen LogP contribution in [0.4, 0.5) is 5.69 Å². The van der Waals surface area contributed by atoms with Crippen molar-refractivity contribution in [3.8, 4) is 0 Å². The van der Waals surface area contributed by atoms with Crippen molar-refractivity contribution in [2.45, 2.75) is 39.5 Å². The number of benzene rings is 3. The number of H-pyrrole nitrogens is 1. The van der Waals surface area contributed by atoms with E-state index in [-0.39, 0.29) is 33.6 Å². The maximum Gasteiger partial charge on any atom is 0.285 e. The molecule has 2 amide bonds. The Bertz CT molecular complexity index is 2080. The lowest BCUT2D eigenvalue weighted by atomic mass is 10.1. The zero-order valence-corrected chi connectivity index (χ0v) is 28.3. The van der Waals surface area contributed by atoms with Crippen molar-refractivity contribution in [3.05, 3.63) is 113 Å². The zero-order chi connectivity index (χ0) is 33.8. The normalized spacial score (nSPS) is 17.0. The minimum atomic E-state index is -3.91. The molecule has 47 heavy (non-hydrogen) atoms. The van der Waals surface area contributed by atoms with Gasteiger partial charge in [0.05, 0.1) is 0 Å². The molecular formula is C34H35ClN4O6S2. The maximum atomic E-state index is 13.2. The van der Waals surface area contributed by atoms with Crippen molar-refractivity contribution < 1.29 is 26.4 Å². The molecule has 13 heteroatoms. The van der Waals surface area contributed by atoms with E-state index in [1.807, 2.05) is 50.4 Å². The number of fused-ring (bicyclic) bond motifs is 1. The Balaban J connectivity index is 0.000000199. The molecule has 6 rings (SSSR count). The fourth-order valence-corrected chi connectivity index (χ4v) is 9.22. The summed E-state index contributed by atoms with van der Waals surface area (Å²) in [6.07, 6.45) is 4.68. The monoisotopic (exact) mass is 694 g/mol. The van der Waals surface area contributed by atoms with E-state index >= 15 is 0 Å². The molecule has 246 valence electrons. The Morgan fingerprint density at radius 2 is 1.23 bits per heavy atom. The summed E-state index contributed by atoms with van der Waals surface area (Å²) < 4.78 is 53.0. The number of aromatic amines is 1. The summed E-state index contributed by atoms with van der Waals surface area (Å²) in [6.45, 7) is 4.24. The first kappa shape index (κ1) is 34.0. The number of anilines is 1. The summed E-state index contributed by atoms with van der Waals surface area (Å²) in [4.78, 5) is 28.1. The van der Waals surface area contributed by atoms with Crippen LogP contribution < -0.4 is 5.32 Å². The van der Waals surface area contributed by atoms with Crippen LogP contribution in [0.5, 0.6) is 0 Å². The first-order valence-electron chi connectivity index (χ1n) is 15.3. The smallest absolute Gasteiger partial charge is 0.285 e. The van der Waals surface area contributed by atoms with Crippen LogP contribution >= 0.6 is 11.6 Å². The number of sulfonamides is 2. The number of rotatable bonds is 10. The topological polar surface area (TPSA) is 137 Å². The van der Waals surface area contributed by atoms with Gasteiger partial charge in [0.1, 0.15) is 20.5 Å². The van der Waals surface area contributed by atoms with Gasteiger partial charge in [-0.15, -0.1) is 0 Å². The molecule has 4 aromatic rings. The minimum Gasteiger partial charge on any atom is -0.361 e. The fourth-order valence-electron chi connectivity index (χ4n) is 5.29. The number of halogens is 1. The lowest BCUT2D eigenvalue weighted by molar-refractivity contribution is -0.122. The van der Waals surface area contributed by atoms with Crippen molar-refractivity contribution in [1.29, 1.82) is 0 Å². The van der Waals surface area contributed by atoms with Crippen LogP contribution in [0.3, 0.4) is 0 Å². The molecule has 3 aromatic carbocycles. The van der Waals surface area contributed by atoms with E-state index in [9.17, 15) is 26.4 Å². The van der Waals surface area contributed by atoms with Gasteiger partial charge in [0.15, 0.2) is 0 Å². The average Bonchev–Trinajstić information content (AvgIpc) is 3.65. The van der Waals surface area contributed by atoms with Crippen LogP contribution in [0.1, 0.15) is 50.7 Å². The van der Waals surface area contributed by atoms with Crippen molar-refractivity contribution in [3.63, 3.8) is 0 Å². The number of amides is 2. The third-order valence-electron chi connectivity index (χ3n) is 7.70. The fraction of sp³-hybridized carbons (Fsp3) is 0.235. The first-order valence-corrected chi connectivity index (χ1v) is 18.5. The van der Waals surface area contributed by atoms with Gasteiger partial charge in [-0.1, -0.05) is 99.0 Å². The predicted molar refractivity (Wildman–Crippen MR) is 186 cm³/mol. The highest BCUT2D eigenvalue weighted by atomic mass is 35.5. The Kier molecular flexibility index (Phi) is 10.2. The van der Waals surface area contributed by atoms with Gasteiger partial charge in [-0.2, -0.15) is 0 Å². The predicted octanol–water partition coefficient (Wildman–Crippen LogP) is 6.49. The average molecular weight is 695 g/mol. The van der Waals surface area contributed by atoms with E-state index < -0.39 is 31.9 Å². The van der Waals surface area contributed by atoms with E-state index in [1.54, 1.807) is 54.6 Å². The molecule has 2 aliphatic rings. The highest BCUT2D eigenvalue weighted by Gasteiger charge is 2.45. The standard InChI is InChI=1S/C21H21N3O3S.C13H14ClNO3S/c1-2-3-13-24-21(25)19(20(28(24,26)27)15-7-5-4-6-8-15)23-17-9-10-18-16(14-17)11-12-22-18;1-2-3-9-15-13(16)11(14)12(19(15,17)18)10-7-5-4-6-8-10/h4-12,14,22-23H,2-3,13H2,1H3;4-8H,2-3,9H2,1H3. The number of carbonyl (C=O) groups excluding carboxylic acids is 2. The summed E-state index contributed by atoms with van der Waals surface area (Å²) in [5.74, 6) is -1.14. The molecule has 0 saturated carbocycles. The van der Waals surface area contributed by atoms with E-state index in [0.717, 1.165) is 32.4 Å². The number of hydrogen-bond acceptors (Lipinski definition) is 7. The van der Waals surface area contributed by atoms with Gasteiger partial charge in [-0.25, -0.2) is 25.4 Å². The number of aromatic nitrogens is 1. The molecule has 3 heterocycles. The Morgan fingerprint density at radius 3 is 1.81 bits per heavy atom. The molecule has 1 aromatic heterocycles. The largest absolute Gasteiger partial charge is 0.361 e. The summed E-state index contributed by atoms with van der Waals surface area (Å²) in [5.41, 5.74) is 2.67. The van der Waals surface area contributed by atoms with Crippen LogP contribution in [-0.2, 0) is 29.6 Å². The lowest BCUT2D eigenvalue weighted by Gasteiger charge is -2.16. The van der Waals surface area contributed by atoms with Crippen molar-refractivity contribution >= 4 is 69.9 Å². The van der Waals surface area contributed by atoms with Crippen LogP contribution in [-0.4, -0.2) is 55.3 Å². The second kappa shape index (κ2) is 14.2. The number of hydrogen-bond donors (Lipinski definition) is 2. The number of nitrogens with zero attached hydrogens (tertiary/aromatic N) is 2. The lowest BCUT2D eigenvalue weighted by Crippen LogP contribution is -2.33. The maximum absolute atomic E-state index is 13.2. The Labute approximate surface area is 279 Å². The van der Waals surface area contributed by atoms with E-state index in [2.05, 4.69) is 10.3 Å². The highest BCUT2D eigenvalue weighted by molar-refractivity contribution is 8.00. The van der Waals surface area contributed by atoms with Crippen LogP contribution in [0.2, 0.25) is 0 Å². The van der Waals surface area contributed by atoms with Gasteiger partial charge in [-0.3, -0.25) is 9.59 Å². The van der Waals surface area contributed by atoms with Crippen molar-refractivity contribution in [2.75, 3.05) is 18.4 Å². The summed E-state index contributed by atoms with van der Waals surface area (Å²) in [7, 11) is -7.73. The molecular weight excluding hydrogens is 660 g/mol. The van der Waals surface area contributed by atoms with Gasteiger partial charge in [0.2, 0.25) is 0 Å². The van der Waals surface area contributed by atoms with Crippen molar-refractivity contribution in [2.24, 2.45) is 0 Å². The molecule has 0 atom stereocenters. The molecule has 0 radical (unpaired) electrons. The Hall–Kier alpha value is -4.39. The molecule has 2 aliphatic heterocycles. The minimum absolute atomic E-state index is 0.0309. The third-order valence-corrected chi connectivity index (χ3v) is 11.9. The first-order chi connectivity index (χ1) is 22.5. The molecule has 0 fully saturated rings. The van der Waals surface area contributed by atoms with Crippen molar-refractivity contribution in [1.82, 2.24) is 13.6 Å².